The van der Waals surface area contributed by atoms with Gasteiger partial charge in [0.05, 0.1) is 0 Å². The third kappa shape index (κ3) is 4.06. The van der Waals surface area contributed by atoms with E-state index in [1.807, 2.05) is 0 Å². The molecule has 0 saturated heterocycles. The molecule has 0 spiro atoms. The molecule has 0 radical (unpaired) electrons. The number of amides is 2. The minimum absolute atomic E-state index is 0.102. The van der Waals surface area contributed by atoms with Crippen molar-refractivity contribution in [3.8, 4) is 0 Å². The molecule has 1 aromatic heterocycles. The molecule has 0 aromatic carbocycles. The van der Waals surface area contributed by atoms with Crippen LogP contribution in [0.25, 0.3) is 0 Å². The molecule has 1 heterocycles. The highest BCUT2D eigenvalue weighted by atomic mass is 16.2. The van der Waals surface area contributed by atoms with E-state index in [-0.39, 0.29) is 23.9 Å². The first-order valence-electron chi connectivity index (χ1n) is 8.30. The summed E-state index contributed by atoms with van der Waals surface area (Å²) < 4.78 is 0. The number of pyridine rings is 1. The molecule has 2 N–H and O–H groups in total. The van der Waals surface area contributed by atoms with Gasteiger partial charge in [-0.3, -0.25) is 14.6 Å². The van der Waals surface area contributed by atoms with Crippen molar-refractivity contribution >= 4 is 11.8 Å². The molecule has 118 valence electrons. The fraction of sp³-hybridized carbons (Fsp3) is 0.588. The largest absolute Gasteiger partial charge is 0.349 e. The summed E-state index contributed by atoms with van der Waals surface area (Å²) in [5.74, 6) is -0.290. The fourth-order valence-electron chi connectivity index (χ4n) is 2.88. The van der Waals surface area contributed by atoms with Gasteiger partial charge in [0.1, 0.15) is 5.69 Å². The second kappa shape index (κ2) is 6.90. The van der Waals surface area contributed by atoms with E-state index in [2.05, 4.69) is 15.6 Å². The topological polar surface area (TPSA) is 71.1 Å². The highest BCUT2D eigenvalue weighted by molar-refractivity contribution is 5.98. The number of hydrogen-bond acceptors (Lipinski definition) is 3. The SMILES string of the molecule is O=C(NC1CCCCCC1)c1ccnc(C(=O)NC2CC2)c1. The lowest BCUT2D eigenvalue weighted by atomic mass is 10.1. The van der Waals surface area contributed by atoms with E-state index in [0.29, 0.717) is 11.3 Å². The van der Waals surface area contributed by atoms with Crippen LogP contribution in [-0.4, -0.2) is 28.9 Å². The van der Waals surface area contributed by atoms with Crippen molar-refractivity contribution in [2.24, 2.45) is 0 Å². The normalized spacial score (nSPS) is 19.3. The summed E-state index contributed by atoms with van der Waals surface area (Å²) >= 11 is 0. The Bertz CT molecular complexity index is 547. The number of nitrogens with one attached hydrogen (secondary N) is 2. The Morgan fingerprint density at radius 3 is 2.23 bits per heavy atom. The van der Waals surface area contributed by atoms with E-state index >= 15 is 0 Å². The Morgan fingerprint density at radius 2 is 1.55 bits per heavy atom. The van der Waals surface area contributed by atoms with Crippen LogP contribution in [0.1, 0.15) is 72.2 Å². The molecule has 0 aliphatic heterocycles. The fourth-order valence-corrected chi connectivity index (χ4v) is 2.88. The lowest BCUT2D eigenvalue weighted by molar-refractivity contribution is 0.0933. The average Bonchev–Trinajstić information content (AvgIpc) is 3.35. The van der Waals surface area contributed by atoms with Crippen molar-refractivity contribution in [3.63, 3.8) is 0 Å². The van der Waals surface area contributed by atoms with Gasteiger partial charge in [0, 0.05) is 23.8 Å². The molecule has 5 nitrogen and oxygen atoms in total. The summed E-state index contributed by atoms with van der Waals surface area (Å²) in [5, 5.41) is 5.99. The Balaban J connectivity index is 1.62. The smallest absolute Gasteiger partial charge is 0.270 e. The highest BCUT2D eigenvalue weighted by Crippen LogP contribution is 2.19. The van der Waals surface area contributed by atoms with Crippen LogP contribution in [0, 0.1) is 0 Å². The lowest BCUT2D eigenvalue weighted by Gasteiger charge is -2.16. The van der Waals surface area contributed by atoms with E-state index in [1.54, 1.807) is 12.1 Å². The Hall–Kier alpha value is -1.91. The molecular weight excluding hydrogens is 278 g/mol. The van der Waals surface area contributed by atoms with Crippen LogP contribution in [0.2, 0.25) is 0 Å². The second-order valence-electron chi connectivity index (χ2n) is 6.34. The zero-order valence-electron chi connectivity index (χ0n) is 12.8. The van der Waals surface area contributed by atoms with Crippen molar-refractivity contribution in [2.75, 3.05) is 0 Å². The Kier molecular flexibility index (Phi) is 4.71. The quantitative estimate of drug-likeness (QED) is 0.839. The van der Waals surface area contributed by atoms with E-state index in [0.717, 1.165) is 25.7 Å². The summed E-state index contributed by atoms with van der Waals surface area (Å²) in [6.07, 6.45) is 10.6. The van der Waals surface area contributed by atoms with Crippen LogP contribution in [0.4, 0.5) is 0 Å². The molecule has 5 heteroatoms. The van der Waals surface area contributed by atoms with E-state index in [9.17, 15) is 9.59 Å². The monoisotopic (exact) mass is 301 g/mol. The third-order valence-corrected chi connectivity index (χ3v) is 4.36. The van der Waals surface area contributed by atoms with Crippen LogP contribution in [0.15, 0.2) is 18.3 Å². The number of nitrogens with zero attached hydrogens (tertiary/aromatic N) is 1. The third-order valence-electron chi connectivity index (χ3n) is 4.36. The van der Waals surface area contributed by atoms with Gasteiger partial charge in [-0.1, -0.05) is 25.7 Å². The summed E-state index contributed by atoms with van der Waals surface area (Å²) in [4.78, 5) is 28.4. The molecule has 22 heavy (non-hydrogen) atoms. The van der Waals surface area contributed by atoms with Crippen molar-refractivity contribution in [2.45, 2.75) is 63.5 Å². The number of carbonyl (C=O) groups is 2. The minimum Gasteiger partial charge on any atom is -0.349 e. The van der Waals surface area contributed by atoms with Gasteiger partial charge in [0.15, 0.2) is 0 Å². The lowest BCUT2D eigenvalue weighted by Crippen LogP contribution is -2.34. The maximum Gasteiger partial charge on any atom is 0.270 e. The molecule has 2 amide bonds. The summed E-state index contributed by atoms with van der Waals surface area (Å²) in [6, 6.07) is 3.80. The van der Waals surface area contributed by atoms with Gasteiger partial charge < -0.3 is 10.6 Å². The molecule has 0 bridgehead atoms. The van der Waals surface area contributed by atoms with E-state index < -0.39 is 0 Å². The van der Waals surface area contributed by atoms with Gasteiger partial charge in [-0.05, 0) is 37.8 Å². The molecule has 1 aromatic rings. The predicted molar refractivity (Wildman–Crippen MR) is 83.7 cm³/mol. The van der Waals surface area contributed by atoms with Gasteiger partial charge in [0.2, 0.25) is 0 Å². The van der Waals surface area contributed by atoms with Crippen LogP contribution in [0.3, 0.4) is 0 Å². The van der Waals surface area contributed by atoms with E-state index in [4.69, 9.17) is 0 Å². The van der Waals surface area contributed by atoms with Crippen LogP contribution < -0.4 is 10.6 Å². The predicted octanol–water partition coefficient (Wildman–Crippen LogP) is 2.43. The summed E-state index contributed by atoms with van der Waals surface area (Å²) in [5.41, 5.74) is 0.834. The van der Waals surface area contributed by atoms with Gasteiger partial charge in [-0.2, -0.15) is 0 Å². The molecule has 3 rings (SSSR count). The number of rotatable bonds is 4. The maximum absolute atomic E-state index is 12.4. The number of aromatic nitrogens is 1. The highest BCUT2D eigenvalue weighted by Gasteiger charge is 2.24. The number of hydrogen-bond donors (Lipinski definition) is 2. The zero-order chi connectivity index (χ0) is 15.4. The van der Waals surface area contributed by atoms with Crippen LogP contribution >= 0.6 is 0 Å². The van der Waals surface area contributed by atoms with Crippen LogP contribution in [-0.2, 0) is 0 Å². The first-order valence-corrected chi connectivity index (χ1v) is 8.30. The van der Waals surface area contributed by atoms with Gasteiger partial charge in [0.25, 0.3) is 11.8 Å². The molecule has 2 saturated carbocycles. The Labute approximate surface area is 130 Å². The molecule has 2 fully saturated rings. The van der Waals surface area contributed by atoms with E-state index in [1.165, 1.54) is 31.9 Å². The van der Waals surface area contributed by atoms with Crippen molar-refractivity contribution in [1.82, 2.24) is 15.6 Å². The van der Waals surface area contributed by atoms with Gasteiger partial charge in [-0.15, -0.1) is 0 Å². The van der Waals surface area contributed by atoms with Crippen LogP contribution in [0.5, 0.6) is 0 Å². The summed E-state index contributed by atoms with van der Waals surface area (Å²) in [6.45, 7) is 0. The molecule has 2 aliphatic carbocycles. The van der Waals surface area contributed by atoms with Gasteiger partial charge in [-0.25, -0.2) is 0 Å². The maximum atomic E-state index is 12.4. The molecule has 2 aliphatic rings. The van der Waals surface area contributed by atoms with Crippen molar-refractivity contribution in [1.29, 1.82) is 0 Å². The average molecular weight is 301 g/mol. The standard InChI is InChI=1S/C17H23N3O2/c21-16(19-13-5-3-1-2-4-6-13)12-9-10-18-15(11-12)17(22)20-14-7-8-14/h9-11,13-14H,1-8H2,(H,19,21)(H,20,22). The number of carbonyl (C=O) groups excluding carboxylic acids is 2. The molecular formula is C17H23N3O2. The molecule has 0 unspecified atom stereocenters. The van der Waals surface area contributed by atoms with Gasteiger partial charge >= 0.3 is 0 Å². The minimum atomic E-state index is -0.188. The molecule has 0 atom stereocenters. The van der Waals surface area contributed by atoms with Crippen molar-refractivity contribution in [3.05, 3.63) is 29.6 Å². The first-order chi connectivity index (χ1) is 10.7. The first kappa shape index (κ1) is 15.0. The van der Waals surface area contributed by atoms with Crippen molar-refractivity contribution < 1.29 is 9.59 Å². The second-order valence-corrected chi connectivity index (χ2v) is 6.34. The Morgan fingerprint density at radius 1 is 0.909 bits per heavy atom. The zero-order valence-corrected chi connectivity index (χ0v) is 12.8. The summed E-state index contributed by atoms with van der Waals surface area (Å²) in [7, 11) is 0.